The number of rotatable bonds is 3. The topological polar surface area (TPSA) is 96.8 Å². The van der Waals surface area contributed by atoms with Crippen molar-refractivity contribution in [2.24, 2.45) is 11.1 Å². The Bertz CT molecular complexity index is 763. The molecule has 25 heavy (non-hydrogen) atoms. The van der Waals surface area contributed by atoms with E-state index in [9.17, 15) is 13.2 Å². The summed E-state index contributed by atoms with van der Waals surface area (Å²) < 4.78 is 32.5. The summed E-state index contributed by atoms with van der Waals surface area (Å²) in [7, 11) is -3.60. The average Bonchev–Trinajstić information content (AvgIpc) is 3.19. The summed E-state index contributed by atoms with van der Waals surface area (Å²) >= 11 is 0. The number of piperidine rings is 1. The third-order valence-corrected chi connectivity index (χ3v) is 7.37. The lowest BCUT2D eigenvalue weighted by Gasteiger charge is -2.42. The van der Waals surface area contributed by atoms with E-state index in [1.54, 1.807) is 11.8 Å². The van der Waals surface area contributed by atoms with Crippen LogP contribution in [0.25, 0.3) is 0 Å². The maximum Gasteiger partial charge on any atom is 0.289 e. The number of hydrogen-bond acceptors (Lipinski definition) is 5. The SMILES string of the molecule is Cc1oc(C(=O)N2CCC(N)C(C)(C)C2)cc1S(=O)(=O)N1CCCC1. The zero-order chi connectivity index (χ0) is 18.4. The number of sulfonamides is 1. The highest BCUT2D eigenvalue weighted by Gasteiger charge is 2.37. The Balaban J connectivity index is 1.84. The van der Waals surface area contributed by atoms with Crippen LogP contribution in [0.2, 0.25) is 0 Å². The largest absolute Gasteiger partial charge is 0.455 e. The van der Waals surface area contributed by atoms with Crippen LogP contribution in [0.1, 0.15) is 49.4 Å². The molecule has 2 aliphatic heterocycles. The number of furan rings is 1. The molecule has 1 unspecified atom stereocenters. The Morgan fingerprint density at radius 2 is 1.92 bits per heavy atom. The molecule has 2 fully saturated rings. The lowest BCUT2D eigenvalue weighted by Crippen LogP contribution is -2.53. The van der Waals surface area contributed by atoms with Crippen LogP contribution in [0, 0.1) is 12.3 Å². The van der Waals surface area contributed by atoms with Crippen LogP contribution in [0.3, 0.4) is 0 Å². The third-order valence-electron chi connectivity index (χ3n) is 5.37. The monoisotopic (exact) mass is 369 g/mol. The zero-order valence-corrected chi connectivity index (χ0v) is 15.9. The molecule has 2 N–H and O–H groups in total. The van der Waals surface area contributed by atoms with E-state index in [2.05, 4.69) is 0 Å². The molecule has 140 valence electrons. The van der Waals surface area contributed by atoms with E-state index < -0.39 is 10.0 Å². The van der Waals surface area contributed by atoms with Gasteiger partial charge in [0.05, 0.1) is 0 Å². The molecule has 1 amide bonds. The van der Waals surface area contributed by atoms with Crippen molar-refractivity contribution in [3.63, 3.8) is 0 Å². The Kier molecular flexibility index (Phi) is 4.72. The molecule has 0 bridgehead atoms. The van der Waals surface area contributed by atoms with E-state index in [1.165, 1.54) is 10.4 Å². The van der Waals surface area contributed by atoms with Gasteiger partial charge in [-0.3, -0.25) is 4.79 Å². The molecule has 1 aromatic heterocycles. The first kappa shape index (κ1) is 18.4. The number of nitrogens with two attached hydrogens (primary N) is 1. The van der Waals surface area contributed by atoms with Crippen LogP contribution in [0.5, 0.6) is 0 Å². The number of likely N-dealkylation sites (tertiary alicyclic amines) is 1. The summed E-state index contributed by atoms with van der Waals surface area (Å²) in [5.74, 6) is 0.0794. The molecule has 0 aromatic carbocycles. The number of nitrogens with zero attached hydrogens (tertiary/aromatic N) is 2. The maximum absolute atomic E-state index is 12.8. The lowest BCUT2D eigenvalue weighted by atomic mass is 9.79. The van der Waals surface area contributed by atoms with Crippen molar-refractivity contribution >= 4 is 15.9 Å². The minimum Gasteiger partial charge on any atom is -0.455 e. The highest BCUT2D eigenvalue weighted by atomic mass is 32.2. The van der Waals surface area contributed by atoms with E-state index in [0.717, 1.165) is 19.3 Å². The summed E-state index contributed by atoms with van der Waals surface area (Å²) in [6.45, 7) is 7.79. The van der Waals surface area contributed by atoms with Gasteiger partial charge in [-0.1, -0.05) is 13.8 Å². The van der Waals surface area contributed by atoms with Gasteiger partial charge in [0.2, 0.25) is 10.0 Å². The van der Waals surface area contributed by atoms with Gasteiger partial charge in [-0.2, -0.15) is 4.31 Å². The minimum atomic E-state index is -3.60. The molecule has 7 nitrogen and oxygen atoms in total. The van der Waals surface area contributed by atoms with Crippen LogP contribution in [0.15, 0.2) is 15.4 Å². The molecule has 1 aromatic rings. The standard InChI is InChI=1S/C17H27N3O4S/c1-12-14(25(22,23)20-7-4-5-8-20)10-13(24-12)16(21)19-9-6-15(18)17(2,3)11-19/h10,15H,4-9,11,18H2,1-3H3. The Labute approximate surface area is 149 Å². The summed E-state index contributed by atoms with van der Waals surface area (Å²) in [5.41, 5.74) is 5.94. The van der Waals surface area contributed by atoms with Gasteiger partial charge in [0.1, 0.15) is 10.7 Å². The lowest BCUT2D eigenvalue weighted by molar-refractivity contribution is 0.0502. The number of carbonyl (C=O) groups is 1. The molecule has 3 heterocycles. The van der Waals surface area contributed by atoms with Gasteiger partial charge in [-0.15, -0.1) is 0 Å². The van der Waals surface area contributed by atoms with Crippen molar-refractivity contribution in [1.29, 1.82) is 0 Å². The van der Waals surface area contributed by atoms with Gasteiger partial charge in [-0.25, -0.2) is 8.42 Å². The van der Waals surface area contributed by atoms with Crippen LogP contribution in [0.4, 0.5) is 0 Å². The predicted octanol–water partition coefficient (Wildman–Crippen LogP) is 1.57. The Hall–Kier alpha value is -1.38. The molecule has 8 heteroatoms. The van der Waals surface area contributed by atoms with E-state index in [4.69, 9.17) is 10.2 Å². The van der Waals surface area contributed by atoms with E-state index in [1.807, 2.05) is 13.8 Å². The quantitative estimate of drug-likeness (QED) is 0.872. The first-order valence-corrected chi connectivity index (χ1v) is 10.2. The van der Waals surface area contributed by atoms with Crippen molar-refractivity contribution in [3.05, 3.63) is 17.6 Å². The van der Waals surface area contributed by atoms with Gasteiger partial charge in [0.25, 0.3) is 5.91 Å². The second-order valence-corrected chi connectivity index (χ2v) is 9.66. The van der Waals surface area contributed by atoms with Crippen molar-refractivity contribution < 1.29 is 17.6 Å². The van der Waals surface area contributed by atoms with Gasteiger partial charge in [0.15, 0.2) is 5.76 Å². The van der Waals surface area contributed by atoms with Crippen molar-refractivity contribution in [3.8, 4) is 0 Å². The number of carbonyl (C=O) groups excluding carboxylic acids is 1. The highest BCUT2D eigenvalue weighted by molar-refractivity contribution is 7.89. The number of amides is 1. The maximum atomic E-state index is 12.8. The molecular weight excluding hydrogens is 342 g/mol. The van der Waals surface area contributed by atoms with Crippen LogP contribution < -0.4 is 5.73 Å². The van der Waals surface area contributed by atoms with Gasteiger partial charge >= 0.3 is 0 Å². The molecule has 0 spiro atoms. The summed E-state index contributed by atoms with van der Waals surface area (Å²) in [6, 6.07) is 1.42. The van der Waals surface area contributed by atoms with Crippen molar-refractivity contribution in [2.75, 3.05) is 26.2 Å². The summed E-state index contributed by atoms with van der Waals surface area (Å²) in [6.07, 6.45) is 2.45. The predicted molar refractivity (Wildman–Crippen MR) is 93.7 cm³/mol. The van der Waals surface area contributed by atoms with Gasteiger partial charge in [0, 0.05) is 38.3 Å². The molecule has 0 saturated carbocycles. The van der Waals surface area contributed by atoms with E-state index in [0.29, 0.717) is 26.2 Å². The molecule has 0 aliphatic carbocycles. The van der Waals surface area contributed by atoms with Crippen LogP contribution >= 0.6 is 0 Å². The zero-order valence-electron chi connectivity index (χ0n) is 15.1. The smallest absolute Gasteiger partial charge is 0.289 e. The van der Waals surface area contributed by atoms with Crippen LogP contribution in [-0.4, -0.2) is 55.8 Å². The first-order valence-electron chi connectivity index (χ1n) is 8.78. The van der Waals surface area contributed by atoms with Crippen molar-refractivity contribution in [2.45, 2.75) is 51.0 Å². The van der Waals surface area contributed by atoms with Crippen molar-refractivity contribution in [1.82, 2.24) is 9.21 Å². The normalized spacial score (nSPS) is 24.6. The second kappa shape index (κ2) is 6.41. The summed E-state index contributed by atoms with van der Waals surface area (Å²) in [5, 5.41) is 0. The molecule has 1 atom stereocenters. The fraction of sp³-hybridized carbons (Fsp3) is 0.706. The van der Waals surface area contributed by atoms with E-state index >= 15 is 0 Å². The average molecular weight is 369 g/mol. The number of hydrogen-bond donors (Lipinski definition) is 1. The summed E-state index contributed by atoms with van der Waals surface area (Å²) in [4.78, 5) is 14.6. The minimum absolute atomic E-state index is 0.0426. The Morgan fingerprint density at radius 1 is 1.28 bits per heavy atom. The molecule has 2 saturated heterocycles. The third kappa shape index (κ3) is 3.35. The molecule has 3 rings (SSSR count). The fourth-order valence-corrected chi connectivity index (χ4v) is 5.28. The van der Waals surface area contributed by atoms with E-state index in [-0.39, 0.29) is 33.8 Å². The number of aryl methyl sites for hydroxylation is 1. The van der Waals surface area contributed by atoms with Gasteiger partial charge in [-0.05, 0) is 31.6 Å². The highest BCUT2D eigenvalue weighted by Crippen LogP contribution is 2.31. The molecule has 2 aliphatic rings. The van der Waals surface area contributed by atoms with Gasteiger partial charge < -0.3 is 15.1 Å². The molecule has 0 radical (unpaired) electrons. The Morgan fingerprint density at radius 3 is 2.52 bits per heavy atom. The first-order chi connectivity index (χ1) is 11.6. The van der Waals surface area contributed by atoms with Crippen LogP contribution in [-0.2, 0) is 10.0 Å². The fourth-order valence-electron chi connectivity index (χ4n) is 3.60. The second-order valence-electron chi connectivity index (χ2n) is 7.75. The molecular formula is C17H27N3O4S.